The van der Waals surface area contributed by atoms with Crippen molar-refractivity contribution in [1.82, 2.24) is 9.97 Å². The largest absolute Gasteiger partial charge is 0.480 e. The molecule has 0 saturated heterocycles. The molecule has 8 nitrogen and oxygen atoms in total. The second-order valence-electron chi connectivity index (χ2n) is 7.16. The number of methoxy groups -OCH3 is 1. The van der Waals surface area contributed by atoms with Crippen LogP contribution in [0.25, 0.3) is 0 Å². The Bertz CT molecular complexity index is 965. The van der Waals surface area contributed by atoms with Gasteiger partial charge in [0.25, 0.3) is 11.9 Å². The van der Waals surface area contributed by atoms with Gasteiger partial charge >= 0.3 is 0 Å². The number of fused-ring (bicyclic) bond motifs is 1. The van der Waals surface area contributed by atoms with Crippen molar-refractivity contribution in [2.75, 3.05) is 12.4 Å². The van der Waals surface area contributed by atoms with Gasteiger partial charge in [0.1, 0.15) is 17.6 Å². The Labute approximate surface area is 161 Å². The van der Waals surface area contributed by atoms with Crippen molar-refractivity contribution in [2.24, 2.45) is 22.6 Å². The second-order valence-corrected chi connectivity index (χ2v) is 7.16. The minimum atomic E-state index is -0.864. The van der Waals surface area contributed by atoms with Gasteiger partial charge < -0.3 is 20.5 Å². The van der Waals surface area contributed by atoms with Crippen LogP contribution in [-0.2, 0) is 10.3 Å². The first-order chi connectivity index (χ1) is 13.3. The van der Waals surface area contributed by atoms with Gasteiger partial charge in [-0.1, -0.05) is 6.92 Å². The van der Waals surface area contributed by atoms with Gasteiger partial charge in [-0.2, -0.15) is 0 Å². The average Bonchev–Trinajstić information content (AvgIpc) is 3.33. The Kier molecular flexibility index (Phi) is 4.17. The van der Waals surface area contributed by atoms with Gasteiger partial charge in [-0.05, 0) is 25.1 Å². The maximum Gasteiger partial charge on any atom is 0.283 e. The number of rotatable bonds is 4. The van der Waals surface area contributed by atoms with Crippen LogP contribution in [0.5, 0.6) is 5.88 Å². The smallest absolute Gasteiger partial charge is 0.283 e. The average molecular weight is 385 g/mol. The molecule has 0 bridgehead atoms. The number of anilines is 1. The minimum Gasteiger partial charge on any atom is -0.480 e. The molecule has 1 aliphatic carbocycles. The monoisotopic (exact) mass is 385 g/mol. The fourth-order valence-electron chi connectivity index (χ4n) is 3.87. The third-order valence-electron chi connectivity index (χ3n) is 5.39. The highest BCUT2D eigenvalue weighted by molar-refractivity contribution is 6.02. The summed E-state index contributed by atoms with van der Waals surface area (Å²) < 4.78 is 25.1. The van der Waals surface area contributed by atoms with Crippen molar-refractivity contribution in [3.05, 3.63) is 47.7 Å². The van der Waals surface area contributed by atoms with E-state index >= 15 is 0 Å². The molecule has 0 unspecified atom stereocenters. The first-order valence-electron chi connectivity index (χ1n) is 8.83. The van der Waals surface area contributed by atoms with Crippen molar-refractivity contribution in [1.29, 1.82) is 0 Å². The lowest BCUT2D eigenvalue weighted by Gasteiger charge is -2.30. The number of amides is 1. The standard InChI is InChI=1S/C19H20FN5O3/c1-9-15-16(9)28-18(21)25-19(15,2)11-6-10(4-5-12(11)20)24-17(26)13-7-23-14(27-3)8-22-13/h4-9,15-16H,1-3H3,(H2,21,25)(H,24,26)/t9-,15+,16-,19-/m0/s1. The highest BCUT2D eigenvalue weighted by Crippen LogP contribution is 2.57. The quantitative estimate of drug-likeness (QED) is 0.833. The van der Waals surface area contributed by atoms with E-state index in [1.807, 2.05) is 13.8 Å². The molecule has 1 aliphatic heterocycles. The summed E-state index contributed by atoms with van der Waals surface area (Å²) in [5, 5.41) is 2.71. The molecular formula is C19H20FN5O3. The zero-order valence-corrected chi connectivity index (χ0v) is 15.6. The molecule has 2 aliphatic rings. The summed E-state index contributed by atoms with van der Waals surface area (Å²) in [4.78, 5) is 24.8. The number of halogens is 1. The lowest BCUT2D eigenvalue weighted by atomic mass is 9.85. The molecule has 9 heteroatoms. The van der Waals surface area contributed by atoms with Crippen LogP contribution in [0, 0.1) is 17.7 Å². The van der Waals surface area contributed by atoms with E-state index in [4.69, 9.17) is 15.2 Å². The summed E-state index contributed by atoms with van der Waals surface area (Å²) >= 11 is 0. The Morgan fingerprint density at radius 2 is 2.14 bits per heavy atom. The number of aromatic nitrogens is 2. The normalized spacial score (nSPS) is 27.9. The van der Waals surface area contributed by atoms with E-state index in [0.717, 1.165) is 0 Å². The molecule has 28 heavy (non-hydrogen) atoms. The summed E-state index contributed by atoms with van der Waals surface area (Å²) in [5.74, 6) is -0.349. The van der Waals surface area contributed by atoms with Gasteiger partial charge in [0, 0.05) is 23.1 Å². The lowest BCUT2D eigenvalue weighted by Crippen LogP contribution is -2.35. The summed E-state index contributed by atoms with van der Waals surface area (Å²) in [7, 11) is 1.46. The molecule has 146 valence electrons. The highest BCUT2D eigenvalue weighted by atomic mass is 19.1. The van der Waals surface area contributed by atoms with Crippen LogP contribution < -0.4 is 15.8 Å². The molecule has 2 aromatic rings. The Morgan fingerprint density at radius 1 is 1.36 bits per heavy atom. The third-order valence-corrected chi connectivity index (χ3v) is 5.39. The number of carbonyl (C=O) groups is 1. The van der Waals surface area contributed by atoms with Gasteiger partial charge in [0.2, 0.25) is 5.88 Å². The first kappa shape index (κ1) is 18.1. The topological polar surface area (TPSA) is 112 Å². The fraction of sp³-hybridized carbons (Fsp3) is 0.368. The molecule has 1 aromatic carbocycles. The predicted octanol–water partition coefficient (Wildman–Crippen LogP) is 2.07. The van der Waals surface area contributed by atoms with Gasteiger partial charge in [0.05, 0.1) is 25.0 Å². The zero-order chi connectivity index (χ0) is 20.1. The highest BCUT2D eigenvalue weighted by Gasteiger charge is 2.63. The molecule has 1 saturated carbocycles. The molecule has 3 N–H and O–H groups in total. The van der Waals surface area contributed by atoms with E-state index in [2.05, 4.69) is 20.3 Å². The predicted molar refractivity (Wildman–Crippen MR) is 99.4 cm³/mol. The lowest BCUT2D eigenvalue weighted by molar-refractivity contribution is 0.102. The number of aliphatic imine (C=N–C) groups is 1. The second kappa shape index (κ2) is 6.43. The van der Waals surface area contributed by atoms with Crippen LogP contribution in [0.1, 0.15) is 29.9 Å². The molecule has 4 rings (SSSR count). The van der Waals surface area contributed by atoms with E-state index in [0.29, 0.717) is 17.1 Å². The van der Waals surface area contributed by atoms with E-state index in [-0.39, 0.29) is 29.7 Å². The number of nitrogens with one attached hydrogen (secondary N) is 1. The Morgan fingerprint density at radius 3 is 2.82 bits per heavy atom. The number of benzene rings is 1. The summed E-state index contributed by atoms with van der Waals surface area (Å²) in [6.07, 6.45) is 2.58. The Hall–Kier alpha value is -3.23. The number of nitrogens with two attached hydrogens (primary N) is 1. The summed E-state index contributed by atoms with van der Waals surface area (Å²) in [6, 6.07) is 4.42. The summed E-state index contributed by atoms with van der Waals surface area (Å²) in [6.45, 7) is 3.86. The van der Waals surface area contributed by atoms with E-state index in [9.17, 15) is 9.18 Å². The SMILES string of the molecule is COc1cnc(C(=O)Nc2ccc(F)c([C@]3(C)N=C(N)O[C@H]4[C@@H](C)[C@H]43)c2)cn1. The number of amidine groups is 1. The number of carbonyl (C=O) groups excluding carboxylic acids is 1. The van der Waals surface area contributed by atoms with E-state index in [1.54, 1.807) is 6.07 Å². The first-order valence-corrected chi connectivity index (χ1v) is 8.83. The number of hydrogen-bond acceptors (Lipinski definition) is 7. The molecule has 0 radical (unpaired) electrons. The fourth-order valence-corrected chi connectivity index (χ4v) is 3.87. The van der Waals surface area contributed by atoms with Crippen LogP contribution in [-0.4, -0.2) is 35.1 Å². The molecular weight excluding hydrogens is 365 g/mol. The third kappa shape index (κ3) is 2.92. The van der Waals surface area contributed by atoms with Gasteiger partial charge in [0.15, 0.2) is 0 Å². The van der Waals surface area contributed by atoms with Crippen molar-refractivity contribution >= 4 is 17.6 Å². The Balaban J connectivity index is 1.62. The van der Waals surface area contributed by atoms with Gasteiger partial charge in [-0.3, -0.25) is 4.79 Å². The maximum absolute atomic E-state index is 14.7. The minimum absolute atomic E-state index is 0.0210. The number of nitrogens with zero attached hydrogens (tertiary/aromatic N) is 3. The van der Waals surface area contributed by atoms with Crippen molar-refractivity contribution < 1.29 is 18.7 Å². The molecule has 4 atom stereocenters. The van der Waals surface area contributed by atoms with Crippen LogP contribution in [0.15, 0.2) is 35.6 Å². The van der Waals surface area contributed by atoms with E-state index in [1.165, 1.54) is 31.6 Å². The van der Waals surface area contributed by atoms with Crippen LogP contribution in [0.2, 0.25) is 0 Å². The van der Waals surface area contributed by atoms with Crippen molar-refractivity contribution in [3.63, 3.8) is 0 Å². The zero-order valence-electron chi connectivity index (χ0n) is 15.6. The molecule has 1 fully saturated rings. The summed E-state index contributed by atoms with van der Waals surface area (Å²) in [5.41, 5.74) is 5.83. The number of ether oxygens (including phenoxy) is 2. The van der Waals surface area contributed by atoms with Crippen molar-refractivity contribution in [3.8, 4) is 5.88 Å². The maximum atomic E-state index is 14.7. The molecule has 2 heterocycles. The molecule has 1 amide bonds. The van der Waals surface area contributed by atoms with Gasteiger partial charge in [-0.15, -0.1) is 0 Å². The number of hydrogen-bond donors (Lipinski definition) is 2. The van der Waals surface area contributed by atoms with E-state index < -0.39 is 17.3 Å². The van der Waals surface area contributed by atoms with Gasteiger partial charge in [-0.25, -0.2) is 19.4 Å². The van der Waals surface area contributed by atoms with Crippen LogP contribution in [0.3, 0.4) is 0 Å². The molecule has 0 spiro atoms. The van der Waals surface area contributed by atoms with Crippen LogP contribution in [0.4, 0.5) is 10.1 Å². The van der Waals surface area contributed by atoms with Crippen LogP contribution >= 0.6 is 0 Å². The molecule has 1 aromatic heterocycles. The van der Waals surface area contributed by atoms with Crippen molar-refractivity contribution in [2.45, 2.75) is 25.5 Å².